The van der Waals surface area contributed by atoms with Gasteiger partial charge < -0.3 is 24.8 Å². The van der Waals surface area contributed by atoms with Crippen molar-refractivity contribution in [1.29, 1.82) is 0 Å². The summed E-state index contributed by atoms with van der Waals surface area (Å²) in [5, 5.41) is 4.96. The van der Waals surface area contributed by atoms with Gasteiger partial charge in [-0.2, -0.15) is 0 Å². The smallest absolute Gasteiger partial charge is 0.313 e. The summed E-state index contributed by atoms with van der Waals surface area (Å²) in [6, 6.07) is 6.74. The van der Waals surface area contributed by atoms with Crippen molar-refractivity contribution in [3.05, 3.63) is 24.3 Å². The SMILES string of the molecule is CCOC(CNC(=O)C(=O)Nc1cccc(OC)c1)OCC. The van der Waals surface area contributed by atoms with Crippen LogP contribution in [-0.4, -0.2) is 45.0 Å². The molecule has 0 fully saturated rings. The van der Waals surface area contributed by atoms with E-state index in [1.54, 1.807) is 24.3 Å². The number of hydrogen-bond acceptors (Lipinski definition) is 5. The standard InChI is InChI=1S/C15H22N2O5/c1-4-21-13(22-5-2)10-16-14(18)15(19)17-11-7-6-8-12(9-11)20-3/h6-9,13H,4-5,10H2,1-3H3,(H,16,18)(H,17,19). The molecule has 2 N–H and O–H groups in total. The molecule has 0 saturated carbocycles. The zero-order valence-corrected chi connectivity index (χ0v) is 13.0. The third kappa shape index (κ3) is 6.11. The van der Waals surface area contributed by atoms with Crippen molar-refractivity contribution in [1.82, 2.24) is 5.32 Å². The summed E-state index contributed by atoms with van der Waals surface area (Å²) in [6.07, 6.45) is -0.566. The maximum atomic E-state index is 11.8. The van der Waals surface area contributed by atoms with E-state index in [1.165, 1.54) is 7.11 Å². The van der Waals surface area contributed by atoms with Gasteiger partial charge in [-0.25, -0.2) is 0 Å². The van der Waals surface area contributed by atoms with Gasteiger partial charge in [0.05, 0.1) is 13.7 Å². The monoisotopic (exact) mass is 310 g/mol. The van der Waals surface area contributed by atoms with Gasteiger partial charge in [0.1, 0.15) is 5.75 Å². The fourth-order valence-corrected chi connectivity index (χ4v) is 1.68. The van der Waals surface area contributed by atoms with Gasteiger partial charge in [0.25, 0.3) is 0 Å². The highest BCUT2D eigenvalue weighted by atomic mass is 16.7. The highest BCUT2D eigenvalue weighted by Gasteiger charge is 2.16. The van der Waals surface area contributed by atoms with Gasteiger partial charge >= 0.3 is 11.8 Å². The van der Waals surface area contributed by atoms with Crippen molar-refractivity contribution < 1.29 is 23.8 Å². The van der Waals surface area contributed by atoms with Gasteiger partial charge in [-0.3, -0.25) is 9.59 Å². The van der Waals surface area contributed by atoms with E-state index in [2.05, 4.69) is 10.6 Å². The van der Waals surface area contributed by atoms with E-state index in [0.29, 0.717) is 24.7 Å². The Bertz CT molecular complexity index is 487. The number of carbonyl (C=O) groups is 2. The summed E-state index contributed by atoms with van der Waals surface area (Å²) in [7, 11) is 1.52. The molecule has 0 saturated heterocycles. The van der Waals surface area contributed by atoms with Gasteiger partial charge in [-0.05, 0) is 26.0 Å². The van der Waals surface area contributed by atoms with Crippen LogP contribution in [0.15, 0.2) is 24.3 Å². The van der Waals surface area contributed by atoms with Gasteiger partial charge in [0.15, 0.2) is 6.29 Å². The van der Waals surface area contributed by atoms with Crippen LogP contribution >= 0.6 is 0 Å². The van der Waals surface area contributed by atoms with Crippen LogP contribution in [-0.2, 0) is 19.1 Å². The molecular formula is C15H22N2O5. The van der Waals surface area contributed by atoms with E-state index in [-0.39, 0.29) is 6.54 Å². The minimum Gasteiger partial charge on any atom is -0.497 e. The number of amides is 2. The van der Waals surface area contributed by atoms with Crippen LogP contribution in [0.3, 0.4) is 0 Å². The molecule has 0 aliphatic rings. The summed E-state index contributed by atoms with van der Waals surface area (Å²) in [4.78, 5) is 23.5. The van der Waals surface area contributed by atoms with Crippen molar-refractivity contribution in [2.24, 2.45) is 0 Å². The van der Waals surface area contributed by atoms with Crippen molar-refractivity contribution in [3.8, 4) is 5.75 Å². The highest BCUT2D eigenvalue weighted by molar-refractivity contribution is 6.39. The average molecular weight is 310 g/mol. The number of anilines is 1. The largest absolute Gasteiger partial charge is 0.497 e. The second kappa shape index (κ2) is 9.75. The molecule has 1 aromatic carbocycles. The number of ether oxygens (including phenoxy) is 3. The van der Waals surface area contributed by atoms with Crippen LogP contribution in [0.1, 0.15) is 13.8 Å². The maximum Gasteiger partial charge on any atom is 0.313 e. The molecule has 22 heavy (non-hydrogen) atoms. The topological polar surface area (TPSA) is 85.9 Å². The van der Waals surface area contributed by atoms with Crippen molar-refractivity contribution >= 4 is 17.5 Å². The molecule has 0 aliphatic carbocycles. The quantitative estimate of drug-likeness (QED) is 0.556. The number of nitrogens with one attached hydrogen (secondary N) is 2. The molecule has 122 valence electrons. The van der Waals surface area contributed by atoms with E-state index in [1.807, 2.05) is 13.8 Å². The lowest BCUT2D eigenvalue weighted by Crippen LogP contribution is -2.41. The van der Waals surface area contributed by atoms with Crippen molar-refractivity contribution in [3.63, 3.8) is 0 Å². The Hall–Kier alpha value is -2.12. The number of benzene rings is 1. The lowest BCUT2D eigenvalue weighted by atomic mass is 10.3. The summed E-state index contributed by atoms with van der Waals surface area (Å²) in [5.41, 5.74) is 0.477. The van der Waals surface area contributed by atoms with Crippen LogP contribution in [0.5, 0.6) is 5.75 Å². The molecule has 0 aromatic heterocycles. The molecule has 7 nitrogen and oxygen atoms in total. The lowest BCUT2D eigenvalue weighted by molar-refractivity contribution is -0.145. The minimum atomic E-state index is -0.764. The number of carbonyl (C=O) groups excluding carboxylic acids is 2. The van der Waals surface area contributed by atoms with Gasteiger partial charge in [-0.15, -0.1) is 0 Å². The van der Waals surface area contributed by atoms with Crippen molar-refractivity contribution in [2.75, 3.05) is 32.2 Å². The third-order valence-electron chi connectivity index (χ3n) is 2.67. The molecule has 1 aromatic rings. The number of rotatable bonds is 8. The van der Waals surface area contributed by atoms with Crippen LogP contribution < -0.4 is 15.4 Å². The molecule has 0 spiro atoms. The second-order valence-electron chi connectivity index (χ2n) is 4.24. The van der Waals surface area contributed by atoms with E-state index < -0.39 is 18.1 Å². The van der Waals surface area contributed by atoms with E-state index >= 15 is 0 Å². The van der Waals surface area contributed by atoms with Crippen LogP contribution in [0, 0.1) is 0 Å². The number of methoxy groups -OCH3 is 1. The first kappa shape index (κ1) is 17.9. The fraction of sp³-hybridized carbons (Fsp3) is 0.467. The molecule has 0 aliphatic heterocycles. The van der Waals surface area contributed by atoms with Crippen LogP contribution in [0.4, 0.5) is 5.69 Å². The molecule has 0 bridgehead atoms. The Balaban J connectivity index is 2.48. The Labute approximate surface area is 129 Å². The van der Waals surface area contributed by atoms with Crippen molar-refractivity contribution in [2.45, 2.75) is 20.1 Å². The molecule has 0 radical (unpaired) electrons. The zero-order valence-electron chi connectivity index (χ0n) is 13.0. The number of hydrogen-bond donors (Lipinski definition) is 2. The predicted molar refractivity (Wildman–Crippen MR) is 81.7 cm³/mol. The zero-order chi connectivity index (χ0) is 16.4. The first-order chi connectivity index (χ1) is 10.6. The summed E-state index contributed by atoms with van der Waals surface area (Å²) >= 11 is 0. The molecular weight excluding hydrogens is 288 g/mol. The van der Waals surface area contributed by atoms with Crippen LogP contribution in [0.2, 0.25) is 0 Å². The van der Waals surface area contributed by atoms with Gasteiger partial charge in [0, 0.05) is 25.0 Å². The molecule has 1 rings (SSSR count). The normalized spacial score (nSPS) is 10.4. The highest BCUT2D eigenvalue weighted by Crippen LogP contribution is 2.16. The Morgan fingerprint density at radius 1 is 1.14 bits per heavy atom. The fourth-order valence-electron chi connectivity index (χ4n) is 1.68. The minimum absolute atomic E-state index is 0.103. The Morgan fingerprint density at radius 2 is 1.82 bits per heavy atom. The second-order valence-corrected chi connectivity index (χ2v) is 4.24. The summed E-state index contributed by atoms with van der Waals surface area (Å²) in [6.45, 7) is 4.66. The van der Waals surface area contributed by atoms with E-state index in [4.69, 9.17) is 14.2 Å². The molecule has 0 heterocycles. The van der Waals surface area contributed by atoms with Gasteiger partial charge in [0.2, 0.25) is 0 Å². The van der Waals surface area contributed by atoms with E-state index in [0.717, 1.165) is 0 Å². The van der Waals surface area contributed by atoms with Gasteiger partial charge in [-0.1, -0.05) is 6.07 Å². The average Bonchev–Trinajstić information content (AvgIpc) is 2.52. The van der Waals surface area contributed by atoms with E-state index in [9.17, 15) is 9.59 Å². The predicted octanol–water partition coefficient (Wildman–Crippen LogP) is 1.15. The first-order valence-electron chi connectivity index (χ1n) is 7.07. The molecule has 0 atom stereocenters. The summed E-state index contributed by atoms with van der Waals surface area (Å²) in [5.74, 6) is -0.932. The maximum absolute atomic E-state index is 11.8. The summed E-state index contributed by atoms with van der Waals surface area (Å²) < 4.78 is 15.6. The van der Waals surface area contributed by atoms with Crippen LogP contribution in [0.25, 0.3) is 0 Å². The first-order valence-corrected chi connectivity index (χ1v) is 7.07. The Morgan fingerprint density at radius 3 is 2.41 bits per heavy atom. The molecule has 7 heteroatoms. The molecule has 0 unspecified atom stereocenters. The lowest BCUT2D eigenvalue weighted by Gasteiger charge is -2.17. The Kier molecular flexibility index (Phi) is 7.95. The third-order valence-corrected chi connectivity index (χ3v) is 2.67. The molecule has 2 amide bonds.